The van der Waals surface area contributed by atoms with Crippen LogP contribution in [0.25, 0.3) is 0 Å². The second-order valence-corrected chi connectivity index (χ2v) is 7.63. The van der Waals surface area contributed by atoms with Crippen molar-refractivity contribution < 1.29 is 23.8 Å². The van der Waals surface area contributed by atoms with Gasteiger partial charge in [-0.05, 0) is 37.1 Å². The Labute approximate surface area is 178 Å². The zero-order valence-electron chi connectivity index (χ0n) is 17.9. The summed E-state index contributed by atoms with van der Waals surface area (Å²) in [6.07, 6.45) is -1.11. The molecule has 0 saturated heterocycles. The molecule has 5 nitrogen and oxygen atoms in total. The number of carbonyl (C=O) groups is 2. The summed E-state index contributed by atoms with van der Waals surface area (Å²) >= 11 is 0. The lowest BCUT2D eigenvalue weighted by Gasteiger charge is -2.26. The predicted octanol–water partition coefficient (Wildman–Crippen LogP) is 4.96. The van der Waals surface area contributed by atoms with Gasteiger partial charge in [0.1, 0.15) is 5.75 Å². The number of rotatable bonds is 9. The molecule has 0 N–H and O–H groups in total. The Balaban J connectivity index is 2.14. The van der Waals surface area contributed by atoms with Gasteiger partial charge < -0.3 is 14.2 Å². The highest BCUT2D eigenvalue weighted by Gasteiger charge is 2.24. The summed E-state index contributed by atoms with van der Waals surface area (Å²) in [7, 11) is 0. The average molecular weight is 408 g/mol. The van der Waals surface area contributed by atoms with Crippen LogP contribution in [0.5, 0.6) is 5.75 Å². The highest BCUT2D eigenvalue weighted by atomic mass is 16.7. The lowest BCUT2D eigenvalue weighted by molar-refractivity contribution is -0.172. The van der Waals surface area contributed by atoms with Crippen LogP contribution in [0.1, 0.15) is 38.8 Å². The minimum atomic E-state index is -1.11. The zero-order chi connectivity index (χ0) is 22.3. The third-order valence-corrected chi connectivity index (χ3v) is 4.62. The lowest BCUT2D eigenvalue weighted by atomic mass is 9.78. The molecule has 0 saturated carbocycles. The second-order valence-electron chi connectivity index (χ2n) is 7.63. The molecule has 2 aromatic carbocycles. The standard InChI is InChI=1S/C25H28O5/c1-17(2)23(26)28-16-22(30-24(27)18(3)4)29-21-14-12-20(13-15-21)25(5,6)19-10-8-7-9-11-19/h7-15,22H,1,3,16H2,2,4-6H3. The molecule has 5 heteroatoms. The second kappa shape index (κ2) is 9.92. The van der Waals surface area contributed by atoms with Gasteiger partial charge in [-0.25, -0.2) is 9.59 Å². The van der Waals surface area contributed by atoms with Crippen molar-refractivity contribution in [2.24, 2.45) is 0 Å². The van der Waals surface area contributed by atoms with E-state index in [1.54, 1.807) is 12.1 Å². The Hall–Kier alpha value is -3.34. The van der Waals surface area contributed by atoms with Gasteiger partial charge in [0, 0.05) is 16.6 Å². The van der Waals surface area contributed by atoms with E-state index in [0.29, 0.717) is 5.75 Å². The molecule has 0 aliphatic rings. The fourth-order valence-electron chi connectivity index (χ4n) is 2.70. The van der Waals surface area contributed by atoms with E-state index in [4.69, 9.17) is 14.2 Å². The van der Waals surface area contributed by atoms with Crippen molar-refractivity contribution in [3.05, 3.63) is 90.0 Å². The first kappa shape index (κ1) is 22.9. The molecule has 1 unspecified atom stereocenters. The molecule has 0 radical (unpaired) electrons. The van der Waals surface area contributed by atoms with E-state index < -0.39 is 18.2 Å². The molecule has 0 aliphatic heterocycles. The quantitative estimate of drug-likeness (QED) is 0.334. The van der Waals surface area contributed by atoms with Gasteiger partial charge >= 0.3 is 11.9 Å². The first-order valence-electron chi connectivity index (χ1n) is 9.63. The normalized spacial score (nSPS) is 11.9. The van der Waals surface area contributed by atoms with Crippen molar-refractivity contribution in [1.82, 2.24) is 0 Å². The first-order chi connectivity index (χ1) is 14.1. The van der Waals surface area contributed by atoms with Gasteiger partial charge in [0.2, 0.25) is 0 Å². The number of esters is 2. The fourth-order valence-corrected chi connectivity index (χ4v) is 2.70. The van der Waals surface area contributed by atoms with E-state index in [0.717, 1.165) is 5.56 Å². The van der Waals surface area contributed by atoms with Gasteiger partial charge in [-0.3, -0.25) is 0 Å². The summed E-state index contributed by atoms with van der Waals surface area (Å²) in [4.78, 5) is 23.6. The molecule has 0 fully saturated rings. The van der Waals surface area contributed by atoms with Crippen LogP contribution in [0.15, 0.2) is 78.9 Å². The Kier molecular flexibility index (Phi) is 7.59. The molecule has 0 bridgehead atoms. The molecule has 30 heavy (non-hydrogen) atoms. The Morgan fingerprint density at radius 2 is 1.40 bits per heavy atom. The topological polar surface area (TPSA) is 61.8 Å². The van der Waals surface area contributed by atoms with E-state index in [2.05, 4.69) is 39.1 Å². The summed E-state index contributed by atoms with van der Waals surface area (Å²) in [6.45, 7) is 14.2. The smallest absolute Gasteiger partial charge is 0.336 e. The van der Waals surface area contributed by atoms with Crippen molar-refractivity contribution in [3.8, 4) is 5.75 Å². The number of hydrogen-bond acceptors (Lipinski definition) is 5. The van der Waals surface area contributed by atoms with Crippen molar-refractivity contribution in [3.63, 3.8) is 0 Å². The summed E-state index contributed by atoms with van der Waals surface area (Å²) in [5.74, 6) is -0.739. The minimum absolute atomic E-state index is 0.192. The largest absolute Gasteiger partial charge is 0.454 e. The molecule has 0 aliphatic carbocycles. The van der Waals surface area contributed by atoms with Gasteiger partial charge in [-0.1, -0.05) is 69.5 Å². The number of benzene rings is 2. The maximum Gasteiger partial charge on any atom is 0.336 e. The van der Waals surface area contributed by atoms with Crippen LogP contribution in [0, 0.1) is 0 Å². The number of hydrogen-bond donors (Lipinski definition) is 0. The highest BCUT2D eigenvalue weighted by molar-refractivity contribution is 5.87. The van der Waals surface area contributed by atoms with Crippen LogP contribution in [0.3, 0.4) is 0 Å². The molecule has 1 atom stereocenters. The van der Waals surface area contributed by atoms with Crippen molar-refractivity contribution in [2.75, 3.05) is 6.61 Å². The summed E-state index contributed by atoms with van der Waals surface area (Å²) < 4.78 is 16.1. The Morgan fingerprint density at radius 1 is 0.867 bits per heavy atom. The SMILES string of the molecule is C=C(C)C(=O)OCC(OC(=O)C(=C)C)Oc1ccc(C(C)(C)c2ccccc2)cc1. The van der Waals surface area contributed by atoms with Gasteiger partial charge in [0.15, 0.2) is 6.61 Å². The van der Waals surface area contributed by atoms with Crippen LogP contribution >= 0.6 is 0 Å². The summed E-state index contributed by atoms with van der Waals surface area (Å²) in [6, 6.07) is 17.7. The zero-order valence-corrected chi connectivity index (χ0v) is 17.9. The average Bonchev–Trinajstić information content (AvgIpc) is 2.72. The summed E-state index contributed by atoms with van der Waals surface area (Å²) in [5, 5.41) is 0. The van der Waals surface area contributed by atoms with E-state index in [9.17, 15) is 9.59 Å². The van der Waals surface area contributed by atoms with Gasteiger partial charge in [0.05, 0.1) is 0 Å². The van der Waals surface area contributed by atoms with Gasteiger partial charge in [0.25, 0.3) is 6.29 Å². The highest BCUT2D eigenvalue weighted by Crippen LogP contribution is 2.32. The molecule has 0 amide bonds. The summed E-state index contributed by atoms with van der Waals surface area (Å²) in [5.41, 5.74) is 2.56. The van der Waals surface area contributed by atoms with Crippen LogP contribution in [-0.4, -0.2) is 24.8 Å². The maximum absolute atomic E-state index is 11.9. The van der Waals surface area contributed by atoms with Crippen molar-refractivity contribution in [1.29, 1.82) is 0 Å². The molecular weight excluding hydrogens is 380 g/mol. The van der Waals surface area contributed by atoms with Crippen LogP contribution < -0.4 is 4.74 Å². The van der Waals surface area contributed by atoms with Crippen molar-refractivity contribution >= 4 is 11.9 Å². The van der Waals surface area contributed by atoms with E-state index in [1.165, 1.54) is 19.4 Å². The van der Waals surface area contributed by atoms with Crippen LogP contribution in [-0.2, 0) is 24.5 Å². The van der Waals surface area contributed by atoms with Gasteiger partial charge in [-0.15, -0.1) is 0 Å². The third-order valence-electron chi connectivity index (χ3n) is 4.62. The molecule has 0 heterocycles. The lowest BCUT2D eigenvalue weighted by Crippen LogP contribution is -2.31. The Morgan fingerprint density at radius 3 is 1.93 bits per heavy atom. The monoisotopic (exact) mass is 408 g/mol. The van der Waals surface area contributed by atoms with Gasteiger partial charge in [-0.2, -0.15) is 0 Å². The van der Waals surface area contributed by atoms with Crippen LogP contribution in [0.2, 0.25) is 0 Å². The molecule has 0 aromatic heterocycles. The molecule has 2 aromatic rings. The third kappa shape index (κ3) is 6.08. The number of ether oxygens (including phenoxy) is 3. The molecule has 158 valence electrons. The van der Waals surface area contributed by atoms with E-state index in [-0.39, 0.29) is 23.2 Å². The Bertz CT molecular complexity index is 910. The predicted molar refractivity (Wildman–Crippen MR) is 116 cm³/mol. The molecule has 0 spiro atoms. The molecular formula is C25H28O5. The van der Waals surface area contributed by atoms with Crippen molar-refractivity contribution in [2.45, 2.75) is 39.4 Å². The number of carbonyl (C=O) groups excluding carboxylic acids is 2. The minimum Gasteiger partial charge on any atom is -0.454 e. The fraction of sp³-hybridized carbons (Fsp3) is 0.280. The van der Waals surface area contributed by atoms with E-state index >= 15 is 0 Å². The van der Waals surface area contributed by atoms with E-state index in [1.807, 2.05) is 30.3 Å². The van der Waals surface area contributed by atoms with Crippen LogP contribution in [0.4, 0.5) is 0 Å². The molecule has 2 rings (SSSR count). The first-order valence-corrected chi connectivity index (χ1v) is 9.63. The maximum atomic E-state index is 11.9.